The van der Waals surface area contributed by atoms with Crippen molar-refractivity contribution in [3.05, 3.63) is 102 Å². The van der Waals surface area contributed by atoms with Crippen molar-refractivity contribution in [2.45, 2.75) is 6.54 Å². The number of rotatable bonds is 5. The van der Waals surface area contributed by atoms with E-state index in [1.807, 2.05) is 54.6 Å². The van der Waals surface area contributed by atoms with Gasteiger partial charge in [-0.25, -0.2) is 0 Å². The van der Waals surface area contributed by atoms with Crippen LogP contribution < -0.4 is 11.1 Å². The summed E-state index contributed by atoms with van der Waals surface area (Å²) < 4.78 is 0. The molecule has 1 radical (unpaired) electrons. The number of carbonyl (C=O) groups excluding carboxylic acids is 1. The van der Waals surface area contributed by atoms with Crippen LogP contribution >= 0.6 is 0 Å². The lowest BCUT2D eigenvalue weighted by Crippen LogP contribution is -2.07. The van der Waals surface area contributed by atoms with Crippen LogP contribution in [-0.4, -0.2) is 5.91 Å². The fourth-order valence-corrected chi connectivity index (χ4v) is 2.60. The van der Waals surface area contributed by atoms with Gasteiger partial charge in [-0.15, -0.1) is 0 Å². The summed E-state index contributed by atoms with van der Waals surface area (Å²) in [5.41, 5.74) is 11.6. The van der Waals surface area contributed by atoms with E-state index in [1.54, 1.807) is 0 Å². The Bertz CT molecular complexity index is 910. The molecule has 129 valence electrons. The van der Waals surface area contributed by atoms with Crippen molar-refractivity contribution in [1.29, 1.82) is 0 Å². The Morgan fingerprint density at radius 1 is 0.962 bits per heavy atom. The molecule has 3 heteroatoms. The summed E-state index contributed by atoms with van der Waals surface area (Å²) >= 11 is 0. The van der Waals surface area contributed by atoms with E-state index in [4.69, 9.17) is 5.73 Å². The predicted octanol–water partition coefficient (Wildman–Crippen LogP) is 4.65. The first-order chi connectivity index (χ1) is 12.6. The molecular weight excluding hydrogens is 320 g/mol. The first kappa shape index (κ1) is 17.6. The summed E-state index contributed by atoms with van der Waals surface area (Å²) in [7, 11) is 0. The van der Waals surface area contributed by atoms with E-state index >= 15 is 0 Å². The van der Waals surface area contributed by atoms with Crippen molar-refractivity contribution in [3.63, 3.8) is 0 Å². The van der Waals surface area contributed by atoms with Crippen LogP contribution in [-0.2, 0) is 11.3 Å². The Morgan fingerprint density at radius 2 is 1.69 bits per heavy atom. The number of anilines is 1. The molecule has 0 unspecified atom stereocenters. The van der Waals surface area contributed by atoms with Gasteiger partial charge in [0.2, 0.25) is 5.91 Å². The molecule has 0 aliphatic carbocycles. The van der Waals surface area contributed by atoms with Crippen molar-refractivity contribution in [1.82, 2.24) is 0 Å². The normalized spacial score (nSPS) is 10.8. The number of amides is 1. The summed E-state index contributed by atoms with van der Waals surface area (Å²) in [5.74, 6) is -0.167. The van der Waals surface area contributed by atoms with Gasteiger partial charge in [0.15, 0.2) is 0 Å². The molecule has 0 spiro atoms. The van der Waals surface area contributed by atoms with Crippen molar-refractivity contribution in [2.24, 2.45) is 5.73 Å². The largest absolute Gasteiger partial charge is 0.326 e. The number of hydrogen-bond acceptors (Lipinski definition) is 2. The van der Waals surface area contributed by atoms with E-state index in [2.05, 4.69) is 36.5 Å². The molecule has 0 aliphatic rings. The molecule has 0 fully saturated rings. The average Bonchev–Trinajstić information content (AvgIpc) is 2.68. The highest BCUT2D eigenvalue weighted by Crippen LogP contribution is 2.21. The number of nitrogens with one attached hydrogen (secondary N) is 1. The third-order valence-corrected chi connectivity index (χ3v) is 4.06. The van der Waals surface area contributed by atoms with E-state index in [9.17, 15) is 4.79 Å². The maximum absolute atomic E-state index is 12.1. The van der Waals surface area contributed by atoms with Crippen LogP contribution in [0.1, 0.15) is 16.7 Å². The monoisotopic (exact) mass is 341 g/mol. The number of nitrogens with two attached hydrogens (primary N) is 1. The first-order valence-corrected chi connectivity index (χ1v) is 8.44. The SMILES string of the molecule is [CH2]c1ccc(NC(=O)/C=C/c2cccc(-c3ccc(CN)cc3)c2)cc1. The highest BCUT2D eigenvalue weighted by atomic mass is 16.1. The van der Waals surface area contributed by atoms with Gasteiger partial charge in [0.25, 0.3) is 0 Å². The molecule has 1 amide bonds. The summed E-state index contributed by atoms with van der Waals surface area (Å²) in [6.07, 6.45) is 3.34. The lowest BCUT2D eigenvalue weighted by molar-refractivity contribution is -0.111. The number of benzene rings is 3. The molecule has 0 aromatic heterocycles. The summed E-state index contributed by atoms with van der Waals surface area (Å²) in [4.78, 5) is 12.1. The van der Waals surface area contributed by atoms with Gasteiger partial charge in [0, 0.05) is 18.3 Å². The molecular formula is C23H21N2O. The van der Waals surface area contributed by atoms with Crippen LogP contribution in [0.25, 0.3) is 17.2 Å². The van der Waals surface area contributed by atoms with Gasteiger partial charge >= 0.3 is 0 Å². The minimum Gasteiger partial charge on any atom is -0.326 e. The Hall–Kier alpha value is -3.17. The smallest absolute Gasteiger partial charge is 0.248 e. The highest BCUT2D eigenvalue weighted by molar-refractivity contribution is 6.02. The summed E-state index contributed by atoms with van der Waals surface area (Å²) in [6.45, 7) is 4.36. The maximum Gasteiger partial charge on any atom is 0.248 e. The molecule has 26 heavy (non-hydrogen) atoms. The van der Waals surface area contributed by atoms with E-state index in [-0.39, 0.29) is 5.91 Å². The molecule has 3 nitrogen and oxygen atoms in total. The molecule has 0 saturated carbocycles. The molecule has 0 atom stereocenters. The molecule has 0 heterocycles. The van der Waals surface area contributed by atoms with Crippen LogP contribution in [0.2, 0.25) is 0 Å². The van der Waals surface area contributed by atoms with E-state index in [0.717, 1.165) is 33.5 Å². The highest BCUT2D eigenvalue weighted by Gasteiger charge is 2.00. The van der Waals surface area contributed by atoms with Crippen LogP contribution in [0.5, 0.6) is 0 Å². The lowest BCUT2D eigenvalue weighted by atomic mass is 10.0. The third-order valence-electron chi connectivity index (χ3n) is 4.06. The Balaban J connectivity index is 1.70. The minimum atomic E-state index is -0.167. The van der Waals surface area contributed by atoms with Gasteiger partial charge in [-0.05, 0) is 59.0 Å². The number of carbonyl (C=O) groups is 1. The van der Waals surface area contributed by atoms with E-state index in [0.29, 0.717) is 6.54 Å². The predicted molar refractivity (Wildman–Crippen MR) is 108 cm³/mol. The van der Waals surface area contributed by atoms with E-state index in [1.165, 1.54) is 6.08 Å². The first-order valence-electron chi connectivity index (χ1n) is 8.44. The van der Waals surface area contributed by atoms with Crippen LogP contribution in [0.3, 0.4) is 0 Å². The fourth-order valence-electron chi connectivity index (χ4n) is 2.60. The summed E-state index contributed by atoms with van der Waals surface area (Å²) in [6, 6.07) is 23.6. The molecule has 0 saturated heterocycles. The second-order valence-electron chi connectivity index (χ2n) is 6.05. The van der Waals surface area contributed by atoms with Crippen molar-refractivity contribution >= 4 is 17.7 Å². The second kappa shape index (κ2) is 8.28. The lowest BCUT2D eigenvalue weighted by Gasteiger charge is -2.05. The Kier molecular flexibility index (Phi) is 5.62. The van der Waals surface area contributed by atoms with E-state index < -0.39 is 0 Å². The average molecular weight is 341 g/mol. The van der Waals surface area contributed by atoms with Gasteiger partial charge in [-0.1, -0.05) is 54.6 Å². The Morgan fingerprint density at radius 3 is 2.38 bits per heavy atom. The van der Waals surface area contributed by atoms with Crippen LogP contribution in [0, 0.1) is 6.92 Å². The van der Waals surface area contributed by atoms with Gasteiger partial charge in [0.05, 0.1) is 0 Å². The van der Waals surface area contributed by atoms with Gasteiger partial charge in [-0.2, -0.15) is 0 Å². The topological polar surface area (TPSA) is 55.1 Å². The fraction of sp³-hybridized carbons (Fsp3) is 0.0435. The van der Waals surface area contributed by atoms with Crippen LogP contribution in [0.15, 0.2) is 78.9 Å². The van der Waals surface area contributed by atoms with Gasteiger partial charge in [-0.3, -0.25) is 4.79 Å². The van der Waals surface area contributed by atoms with Crippen molar-refractivity contribution in [3.8, 4) is 11.1 Å². The van der Waals surface area contributed by atoms with Crippen molar-refractivity contribution in [2.75, 3.05) is 5.32 Å². The minimum absolute atomic E-state index is 0.167. The molecule has 3 aromatic rings. The zero-order valence-electron chi connectivity index (χ0n) is 14.5. The zero-order valence-corrected chi connectivity index (χ0v) is 14.5. The van der Waals surface area contributed by atoms with Crippen molar-refractivity contribution < 1.29 is 4.79 Å². The summed E-state index contributed by atoms with van der Waals surface area (Å²) in [5, 5.41) is 2.83. The Labute approximate surface area is 154 Å². The molecule has 0 bridgehead atoms. The molecule has 0 aliphatic heterocycles. The second-order valence-corrected chi connectivity index (χ2v) is 6.05. The third kappa shape index (κ3) is 4.68. The van der Waals surface area contributed by atoms with Gasteiger partial charge < -0.3 is 11.1 Å². The molecule has 3 N–H and O–H groups in total. The van der Waals surface area contributed by atoms with Gasteiger partial charge in [0.1, 0.15) is 0 Å². The molecule has 3 rings (SSSR count). The van der Waals surface area contributed by atoms with Crippen LogP contribution in [0.4, 0.5) is 5.69 Å². The number of hydrogen-bond donors (Lipinski definition) is 2. The standard InChI is InChI=1S/C23H21N2O/c1-17-5-12-22(13-6-17)25-23(26)14-9-18-3-2-4-21(15-18)20-10-7-19(16-24)8-11-20/h2-15H,1,16,24H2,(H,25,26)/b14-9+. The zero-order chi connectivity index (χ0) is 18.4. The quantitative estimate of drug-likeness (QED) is 0.664. The maximum atomic E-state index is 12.1. The molecule has 3 aromatic carbocycles.